The zero-order valence-corrected chi connectivity index (χ0v) is 8.07. The van der Waals surface area contributed by atoms with Gasteiger partial charge >= 0.3 is 5.97 Å². The second-order valence-electron chi connectivity index (χ2n) is 2.11. The summed E-state index contributed by atoms with van der Waals surface area (Å²) >= 11 is 2.04. The zero-order valence-electron chi connectivity index (χ0n) is 6.44. The minimum Gasteiger partial charge on any atom is -0.481 e. The van der Waals surface area contributed by atoms with Gasteiger partial charge in [0.15, 0.2) is 0 Å². The normalized spacial score (nSPS) is 15.7. The monoisotopic (exact) mass is 218 g/mol. The lowest BCUT2D eigenvalue weighted by molar-refractivity contribution is -0.133. The maximum atomic E-state index is 10.7. The van der Waals surface area contributed by atoms with Gasteiger partial charge in [0, 0.05) is 0 Å². The number of hydrogen-bond donors (Lipinski definition) is 2. The average Bonchev–Trinajstić information content (AvgIpc) is 2.47. The predicted molar refractivity (Wildman–Crippen MR) is 52.7 cm³/mol. The summed E-state index contributed by atoms with van der Waals surface area (Å²) < 4.78 is 0. The Hall–Kier alpha value is -0.820. The molecule has 1 aliphatic heterocycles. The summed E-state index contributed by atoms with van der Waals surface area (Å²) in [5.41, 5.74) is 0. The van der Waals surface area contributed by atoms with Gasteiger partial charge in [-0.1, -0.05) is 23.5 Å². The number of carbonyl (C=O) groups excluding carboxylic acids is 1. The molecule has 0 saturated heterocycles. The fraction of sp³-hybridized carbons (Fsp3) is 0.333. The van der Waals surface area contributed by atoms with E-state index in [0.717, 1.165) is 11.8 Å². The third-order valence-electron chi connectivity index (χ3n) is 1.09. The molecule has 0 fully saturated rings. The maximum absolute atomic E-state index is 10.7. The molecule has 0 aromatic rings. The molecule has 0 bridgehead atoms. The molecule has 1 heterocycles. The van der Waals surface area contributed by atoms with E-state index in [1.54, 1.807) is 0 Å². The van der Waals surface area contributed by atoms with E-state index in [1.165, 1.54) is 11.8 Å². The Morgan fingerprint density at radius 3 is 2.92 bits per heavy atom. The molecule has 7 heteroatoms. The van der Waals surface area contributed by atoms with Crippen molar-refractivity contribution >= 4 is 45.5 Å². The second-order valence-corrected chi connectivity index (χ2v) is 4.06. The first-order valence-corrected chi connectivity index (χ1v) is 5.24. The minimum absolute atomic E-state index is 0.0539. The van der Waals surface area contributed by atoms with Crippen molar-refractivity contribution < 1.29 is 14.7 Å². The molecule has 0 spiro atoms. The first-order chi connectivity index (χ1) is 6.09. The van der Waals surface area contributed by atoms with Crippen LogP contribution in [0.1, 0.15) is 0 Å². The summed E-state index contributed by atoms with van der Waals surface area (Å²) in [5, 5.41) is 16.1. The predicted octanol–water partition coefficient (Wildman–Crippen LogP) is 0.453. The summed E-state index contributed by atoms with van der Waals surface area (Å²) in [4.78, 5) is 24.4. The zero-order chi connectivity index (χ0) is 9.84. The molecule has 0 aromatic heterocycles. The number of thioether (sulfide) groups is 2. The van der Waals surface area contributed by atoms with E-state index in [9.17, 15) is 9.59 Å². The van der Waals surface area contributed by atoms with Crippen molar-refractivity contribution in [3.05, 3.63) is 0 Å². The lowest BCUT2D eigenvalue weighted by atomic mass is 10.7. The van der Waals surface area contributed by atoms with Crippen LogP contribution in [0.2, 0.25) is 0 Å². The molecule has 0 radical (unpaired) electrons. The van der Waals surface area contributed by atoms with Gasteiger partial charge in [-0.3, -0.25) is 15.0 Å². The van der Waals surface area contributed by atoms with Crippen LogP contribution in [-0.2, 0) is 9.59 Å². The largest absolute Gasteiger partial charge is 0.481 e. The Morgan fingerprint density at radius 2 is 2.46 bits per heavy atom. The molecule has 0 aromatic carbocycles. The minimum atomic E-state index is -0.982. The van der Waals surface area contributed by atoms with E-state index in [-0.39, 0.29) is 22.5 Å². The highest BCUT2D eigenvalue weighted by molar-refractivity contribution is 8.25. The van der Waals surface area contributed by atoms with Gasteiger partial charge in [0.1, 0.15) is 10.1 Å². The van der Waals surface area contributed by atoms with Crippen molar-refractivity contribution in [1.82, 2.24) is 0 Å². The Bertz CT molecular complexity index is 300. The topological polar surface area (TPSA) is 90.6 Å². The number of nitrogens with zero attached hydrogens (tertiary/aromatic N) is 1. The van der Waals surface area contributed by atoms with Crippen LogP contribution in [0.3, 0.4) is 0 Å². The molecule has 1 aliphatic rings. The van der Waals surface area contributed by atoms with E-state index in [2.05, 4.69) is 4.99 Å². The van der Waals surface area contributed by atoms with Crippen molar-refractivity contribution in [3.63, 3.8) is 0 Å². The van der Waals surface area contributed by atoms with Crippen LogP contribution >= 0.6 is 23.5 Å². The van der Waals surface area contributed by atoms with Crippen LogP contribution < -0.4 is 0 Å². The summed E-state index contributed by atoms with van der Waals surface area (Å²) in [5.74, 6) is -1.16. The molecule has 0 atom stereocenters. The lowest BCUT2D eigenvalue weighted by Gasteiger charge is -1.97. The van der Waals surface area contributed by atoms with Gasteiger partial charge in [-0.25, -0.2) is 4.99 Å². The Labute approximate surface area is 82.5 Å². The summed E-state index contributed by atoms with van der Waals surface area (Å²) in [6.45, 7) is 0. The standard InChI is InChI=1S/C6H6N2O3S2/c7-5(12-2-4(10)11)6-8-3(9)1-13-6/h7H,1-2H2,(H,10,11). The van der Waals surface area contributed by atoms with Crippen LogP contribution in [0, 0.1) is 5.41 Å². The van der Waals surface area contributed by atoms with E-state index < -0.39 is 5.97 Å². The van der Waals surface area contributed by atoms with Gasteiger partial charge in [-0.05, 0) is 0 Å². The fourth-order valence-corrected chi connectivity index (χ4v) is 2.03. The molecule has 0 unspecified atom stereocenters. The Kier molecular flexibility index (Phi) is 3.49. The van der Waals surface area contributed by atoms with Gasteiger partial charge < -0.3 is 5.11 Å². The van der Waals surface area contributed by atoms with E-state index in [4.69, 9.17) is 10.5 Å². The van der Waals surface area contributed by atoms with Crippen molar-refractivity contribution in [2.24, 2.45) is 4.99 Å². The van der Waals surface area contributed by atoms with Crippen LogP contribution in [0.5, 0.6) is 0 Å². The van der Waals surface area contributed by atoms with E-state index >= 15 is 0 Å². The summed E-state index contributed by atoms with van der Waals surface area (Å²) in [6, 6.07) is 0. The van der Waals surface area contributed by atoms with Gasteiger partial charge in [0.25, 0.3) is 5.91 Å². The highest BCUT2D eigenvalue weighted by Gasteiger charge is 2.19. The van der Waals surface area contributed by atoms with Crippen molar-refractivity contribution in [2.75, 3.05) is 11.5 Å². The van der Waals surface area contributed by atoms with Gasteiger partial charge in [-0.15, -0.1) is 0 Å². The third-order valence-corrected chi connectivity index (χ3v) is 3.06. The fourth-order valence-electron chi connectivity index (χ4n) is 0.620. The van der Waals surface area contributed by atoms with Gasteiger partial charge in [0.2, 0.25) is 0 Å². The molecule has 0 aliphatic carbocycles. The summed E-state index contributed by atoms with van der Waals surface area (Å²) in [7, 11) is 0. The number of carboxylic acids is 1. The molecular formula is C6H6N2O3S2. The van der Waals surface area contributed by atoms with Crippen molar-refractivity contribution in [1.29, 1.82) is 5.41 Å². The number of hydrogen-bond acceptors (Lipinski definition) is 5. The summed E-state index contributed by atoms with van der Waals surface area (Å²) in [6.07, 6.45) is 0. The first-order valence-electron chi connectivity index (χ1n) is 3.27. The molecule has 70 valence electrons. The number of rotatable bonds is 3. The lowest BCUT2D eigenvalue weighted by Crippen LogP contribution is -2.07. The van der Waals surface area contributed by atoms with E-state index in [1.807, 2.05) is 0 Å². The van der Waals surface area contributed by atoms with Gasteiger partial charge in [0.05, 0.1) is 11.5 Å². The van der Waals surface area contributed by atoms with E-state index in [0.29, 0.717) is 5.04 Å². The molecular weight excluding hydrogens is 212 g/mol. The highest BCUT2D eigenvalue weighted by Crippen LogP contribution is 2.18. The second kappa shape index (κ2) is 4.43. The number of amides is 1. The first kappa shape index (κ1) is 10.3. The van der Waals surface area contributed by atoms with Crippen LogP contribution in [0.25, 0.3) is 0 Å². The number of aliphatic imine (C=N–C) groups is 1. The van der Waals surface area contributed by atoms with Crippen LogP contribution in [-0.4, -0.2) is 38.6 Å². The SMILES string of the molecule is N=C(SCC(=O)O)C1=NC(=O)CS1. The quantitative estimate of drug-likeness (QED) is 0.530. The smallest absolute Gasteiger partial charge is 0.313 e. The molecule has 1 rings (SSSR count). The van der Waals surface area contributed by atoms with Crippen LogP contribution in [0.4, 0.5) is 0 Å². The van der Waals surface area contributed by atoms with Crippen molar-refractivity contribution in [2.45, 2.75) is 0 Å². The van der Waals surface area contributed by atoms with Gasteiger partial charge in [-0.2, -0.15) is 0 Å². The molecule has 1 amide bonds. The number of carboxylic acid groups (broad SMARTS) is 1. The molecule has 5 nitrogen and oxygen atoms in total. The molecule has 2 N–H and O–H groups in total. The highest BCUT2D eigenvalue weighted by atomic mass is 32.2. The van der Waals surface area contributed by atoms with Crippen molar-refractivity contribution in [3.8, 4) is 0 Å². The molecule has 13 heavy (non-hydrogen) atoms. The number of aliphatic carboxylic acids is 1. The molecule has 0 saturated carbocycles. The maximum Gasteiger partial charge on any atom is 0.313 e. The average molecular weight is 218 g/mol. The van der Waals surface area contributed by atoms with Crippen LogP contribution in [0.15, 0.2) is 4.99 Å². The Morgan fingerprint density at radius 1 is 1.77 bits per heavy atom. The number of nitrogens with one attached hydrogen (secondary N) is 1. The Balaban J connectivity index is 2.44. The number of carbonyl (C=O) groups is 2. The third kappa shape index (κ3) is 3.19.